The zero-order valence-corrected chi connectivity index (χ0v) is 48.4. The smallest absolute Gasteiger partial charge is 0.252 e. The maximum absolute atomic E-state index is 2.64. The van der Waals surface area contributed by atoms with E-state index in [1.54, 1.807) is 0 Å². The van der Waals surface area contributed by atoms with E-state index in [1.165, 1.54) is 49.9 Å². The van der Waals surface area contributed by atoms with Crippen LogP contribution in [0.5, 0.6) is 0 Å². The maximum atomic E-state index is 2.64. The van der Waals surface area contributed by atoms with Gasteiger partial charge >= 0.3 is 0 Å². The van der Waals surface area contributed by atoms with Crippen LogP contribution in [0.3, 0.4) is 0 Å². The fraction of sp³-hybridized carbons (Fsp3) is 0.0380. The van der Waals surface area contributed by atoms with E-state index in [9.17, 15) is 0 Å². The Morgan fingerprint density at radius 2 is 0.736 bits per heavy atom. The Morgan fingerprint density at radius 3 is 1.24 bits per heavy atom. The van der Waals surface area contributed by atoms with Gasteiger partial charge in [0, 0.05) is 97.6 Å². The second-order valence-electron chi connectivity index (χ2n) is 22.7. The fourth-order valence-corrected chi connectivity index (χ4v) is 14.2. The van der Waals surface area contributed by atoms with Crippen molar-refractivity contribution in [3.8, 4) is 0 Å². The molecule has 16 rings (SSSR count). The summed E-state index contributed by atoms with van der Waals surface area (Å²) in [5.41, 5.74) is 26.9. The van der Waals surface area contributed by atoms with Gasteiger partial charge in [0.05, 0.1) is 5.69 Å². The molecule has 6 nitrogen and oxygen atoms in total. The van der Waals surface area contributed by atoms with Gasteiger partial charge in [-0.15, -0.1) is 0 Å². The molecule has 0 atom stereocenters. The number of allylic oxidation sites excluding steroid dienone is 2. The third kappa shape index (κ3) is 8.82. The minimum atomic E-state index is -0.141. The highest BCUT2D eigenvalue weighted by Gasteiger charge is 2.48. The summed E-state index contributed by atoms with van der Waals surface area (Å²) in [6.45, 7) is 2.73. The minimum Gasteiger partial charge on any atom is -0.338 e. The Hall–Kier alpha value is -11.0. The second-order valence-corrected chi connectivity index (χ2v) is 22.7. The highest BCUT2D eigenvalue weighted by molar-refractivity contribution is 7.01. The molecule has 412 valence electrons. The van der Waals surface area contributed by atoms with E-state index in [2.05, 4.69) is 358 Å². The molecule has 12 aromatic carbocycles. The van der Waals surface area contributed by atoms with E-state index in [0.717, 1.165) is 86.1 Å². The highest BCUT2D eigenvalue weighted by atomic mass is 15.2. The first kappa shape index (κ1) is 51.7. The van der Waals surface area contributed by atoms with E-state index in [0.29, 0.717) is 6.54 Å². The molecular formula is C79H60B2N6. The van der Waals surface area contributed by atoms with Crippen molar-refractivity contribution in [1.29, 1.82) is 0 Å². The molecule has 8 heteroatoms. The molecular weight excluding hydrogens is 1050 g/mol. The van der Waals surface area contributed by atoms with Crippen LogP contribution in [0.1, 0.15) is 13.3 Å². The molecule has 0 amide bonds. The minimum absolute atomic E-state index is 0.106. The molecule has 0 saturated carbocycles. The molecule has 0 saturated heterocycles. The van der Waals surface area contributed by atoms with Gasteiger partial charge in [-0.1, -0.05) is 195 Å². The van der Waals surface area contributed by atoms with Gasteiger partial charge in [0.25, 0.3) is 6.71 Å². The van der Waals surface area contributed by atoms with Crippen molar-refractivity contribution >= 4 is 126 Å². The van der Waals surface area contributed by atoms with Crippen LogP contribution in [0.25, 0.3) is 0 Å². The SMILES string of the molecule is CC/C(=C\C1=C2CN(c3ccccc3)c3ccccc3B2c2cc3c(cc2N1c1ccccc1)N(c1ccccc1)c1cc(N(c2ccccc2)c2ccccc2)cc2c1B3c1ccccc1N2c1ccccc1)N(c1ccccc1)c1ccccc1. The first-order valence-corrected chi connectivity index (χ1v) is 30.3. The lowest BCUT2D eigenvalue weighted by molar-refractivity contribution is 0.991. The largest absolute Gasteiger partial charge is 0.338 e. The molecule has 87 heavy (non-hydrogen) atoms. The van der Waals surface area contributed by atoms with Crippen LogP contribution >= 0.6 is 0 Å². The summed E-state index contributed by atoms with van der Waals surface area (Å²) in [5, 5.41) is 0. The van der Waals surface area contributed by atoms with E-state index >= 15 is 0 Å². The molecule has 0 spiro atoms. The Labute approximate surface area is 510 Å². The molecule has 0 radical (unpaired) electrons. The van der Waals surface area contributed by atoms with Gasteiger partial charge in [-0.2, -0.15) is 0 Å². The van der Waals surface area contributed by atoms with Crippen molar-refractivity contribution in [3.05, 3.63) is 338 Å². The monoisotopic (exact) mass is 1110 g/mol. The first-order chi connectivity index (χ1) is 43.2. The Kier molecular flexibility index (Phi) is 13.0. The number of hydrogen-bond acceptors (Lipinski definition) is 6. The van der Waals surface area contributed by atoms with Gasteiger partial charge in [-0.3, -0.25) is 0 Å². The summed E-state index contributed by atoms with van der Waals surface area (Å²) in [6.07, 6.45) is 3.30. The van der Waals surface area contributed by atoms with Crippen LogP contribution in [0, 0.1) is 0 Å². The summed E-state index contributed by atoms with van der Waals surface area (Å²) in [4.78, 5) is 15.1. The number of fused-ring (bicyclic) bond motifs is 9. The molecule has 4 heterocycles. The van der Waals surface area contributed by atoms with E-state index < -0.39 is 0 Å². The first-order valence-electron chi connectivity index (χ1n) is 30.3. The Balaban J connectivity index is 1.02. The molecule has 12 aromatic rings. The van der Waals surface area contributed by atoms with Crippen molar-refractivity contribution in [1.82, 2.24) is 0 Å². The average molecular weight is 1120 g/mol. The van der Waals surface area contributed by atoms with Gasteiger partial charge in [0.15, 0.2) is 0 Å². The van der Waals surface area contributed by atoms with Gasteiger partial charge in [-0.05, 0) is 173 Å². The number of nitrogens with zero attached hydrogens (tertiary/aromatic N) is 6. The van der Waals surface area contributed by atoms with Crippen LogP contribution in [0.4, 0.5) is 85.3 Å². The van der Waals surface area contributed by atoms with Gasteiger partial charge in [0.2, 0.25) is 6.71 Å². The summed E-state index contributed by atoms with van der Waals surface area (Å²) in [5.74, 6) is 0. The predicted octanol–water partition coefficient (Wildman–Crippen LogP) is 17.1. The van der Waals surface area contributed by atoms with Crippen LogP contribution in [-0.4, -0.2) is 20.0 Å². The van der Waals surface area contributed by atoms with Crippen molar-refractivity contribution in [2.75, 3.05) is 35.9 Å². The third-order valence-corrected chi connectivity index (χ3v) is 17.8. The predicted molar refractivity (Wildman–Crippen MR) is 369 cm³/mol. The lowest BCUT2D eigenvalue weighted by Gasteiger charge is -2.47. The van der Waals surface area contributed by atoms with Crippen LogP contribution in [0.2, 0.25) is 0 Å². The molecule has 0 fully saturated rings. The second kappa shape index (κ2) is 21.9. The summed E-state index contributed by atoms with van der Waals surface area (Å²) in [7, 11) is 0. The van der Waals surface area contributed by atoms with Crippen molar-refractivity contribution < 1.29 is 0 Å². The number of para-hydroxylation sites is 10. The van der Waals surface area contributed by atoms with Crippen LogP contribution < -0.4 is 56.7 Å². The topological polar surface area (TPSA) is 19.4 Å². The summed E-state index contributed by atoms with van der Waals surface area (Å²) >= 11 is 0. The zero-order valence-electron chi connectivity index (χ0n) is 48.4. The van der Waals surface area contributed by atoms with Gasteiger partial charge < -0.3 is 29.4 Å². The number of hydrogen-bond donors (Lipinski definition) is 0. The standard InChI is InChI=1S/C79H60B2N6/c1-2-57(83(59-33-13-4-14-34-59)60-35-15-5-16-36-60)51-74-71-56-82(58-31-11-3-12-32-58)72-49-29-27-47-67(72)80(71)69-54-70-76(55-75(69)86(74)64-43-23-9-24-44-64)87(65-45-25-10-26-46-65)78-53-66(84(61-37-17-6-18-38-61)62-39-19-7-20-40-62)52-77-79(78)81(70)68-48-28-30-50-73(68)85(77)63-41-21-8-22-42-63/h3-55H,2,56H2,1H3/b57-51+. The summed E-state index contributed by atoms with van der Waals surface area (Å²) < 4.78 is 0. The van der Waals surface area contributed by atoms with Crippen molar-refractivity contribution in [2.24, 2.45) is 0 Å². The van der Waals surface area contributed by atoms with Crippen LogP contribution in [-0.2, 0) is 0 Å². The Morgan fingerprint density at radius 1 is 0.345 bits per heavy atom. The molecule has 0 aromatic heterocycles. The van der Waals surface area contributed by atoms with Crippen molar-refractivity contribution in [3.63, 3.8) is 0 Å². The van der Waals surface area contributed by atoms with E-state index in [-0.39, 0.29) is 13.4 Å². The molecule has 0 unspecified atom stereocenters. The van der Waals surface area contributed by atoms with Gasteiger partial charge in [-0.25, -0.2) is 0 Å². The van der Waals surface area contributed by atoms with Crippen LogP contribution in [0.15, 0.2) is 338 Å². The molecule has 4 aliphatic rings. The fourth-order valence-electron chi connectivity index (χ4n) is 14.2. The third-order valence-electron chi connectivity index (χ3n) is 17.8. The molecule has 0 bridgehead atoms. The zero-order chi connectivity index (χ0) is 57.8. The molecule has 0 N–H and O–H groups in total. The number of anilines is 15. The molecule has 0 aliphatic carbocycles. The quantitative estimate of drug-likeness (QED) is 0.113. The lowest BCUT2D eigenvalue weighted by atomic mass is 9.30. The number of benzene rings is 12. The summed E-state index contributed by atoms with van der Waals surface area (Å²) in [6, 6.07) is 116. The number of rotatable bonds is 12. The lowest BCUT2D eigenvalue weighted by Crippen LogP contribution is -2.63. The maximum Gasteiger partial charge on any atom is 0.252 e. The van der Waals surface area contributed by atoms with E-state index in [4.69, 9.17) is 0 Å². The molecule has 4 aliphatic heterocycles. The highest BCUT2D eigenvalue weighted by Crippen LogP contribution is 2.50. The van der Waals surface area contributed by atoms with Gasteiger partial charge in [0.1, 0.15) is 0 Å². The average Bonchev–Trinajstić information content (AvgIpc) is 0.764. The van der Waals surface area contributed by atoms with Crippen molar-refractivity contribution in [2.45, 2.75) is 13.3 Å². The Bertz CT molecular complexity index is 4470. The van der Waals surface area contributed by atoms with E-state index in [1.807, 2.05) is 0 Å². The normalized spacial score (nSPS) is 13.7.